The second-order valence-electron chi connectivity index (χ2n) is 4.70. The summed E-state index contributed by atoms with van der Waals surface area (Å²) in [6, 6.07) is 3.37. The minimum absolute atomic E-state index is 0.186. The van der Waals surface area contributed by atoms with E-state index in [2.05, 4.69) is 15.1 Å². The molecule has 0 saturated heterocycles. The molecule has 0 spiro atoms. The van der Waals surface area contributed by atoms with E-state index in [-0.39, 0.29) is 6.61 Å². The maximum absolute atomic E-state index is 10.4. The summed E-state index contributed by atoms with van der Waals surface area (Å²) in [7, 11) is 0. The lowest BCUT2D eigenvalue weighted by atomic mass is 10.3. The first-order chi connectivity index (χ1) is 10.2. The zero-order chi connectivity index (χ0) is 14.7. The minimum Gasteiger partial charge on any atom is -0.482 e. The SMILES string of the molecule is O=C(O)C=Cc1ccc(OCc2nc(C3CC3)no2)cn1. The number of aliphatic carboxylic acids is 1. The van der Waals surface area contributed by atoms with Gasteiger partial charge in [0.25, 0.3) is 5.89 Å². The molecule has 1 aliphatic carbocycles. The molecule has 108 valence electrons. The number of carboxylic acids is 1. The zero-order valence-corrected chi connectivity index (χ0v) is 11.1. The number of carboxylic acid groups (broad SMARTS) is 1. The van der Waals surface area contributed by atoms with Crippen molar-refractivity contribution in [2.45, 2.75) is 25.4 Å². The summed E-state index contributed by atoms with van der Waals surface area (Å²) in [5, 5.41) is 12.4. The largest absolute Gasteiger partial charge is 0.482 e. The topological polar surface area (TPSA) is 98.3 Å². The van der Waals surface area contributed by atoms with Gasteiger partial charge in [-0.15, -0.1) is 0 Å². The van der Waals surface area contributed by atoms with E-state index in [1.54, 1.807) is 12.1 Å². The maximum atomic E-state index is 10.4. The van der Waals surface area contributed by atoms with Crippen LogP contribution in [0.15, 0.2) is 28.9 Å². The Bertz CT molecular complexity index is 659. The Labute approximate surface area is 120 Å². The second kappa shape index (κ2) is 5.74. The lowest BCUT2D eigenvalue weighted by molar-refractivity contribution is -0.131. The van der Waals surface area contributed by atoms with Crippen molar-refractivity contribution in [2.24, 2.45) is 0 Å². The van der Waals surface area contributed by atoms with Gasteiger partial charge in [-0.25, -0.2) is 4.79 Å². The van der Waals surface area contributed by atoms with Gasteiger partial charge in [0.1, 0.15) is 5.75 Å². The van der Waals surface area contributed by atoms with Crippen molar-refractivity contribution in [3.63, 3.8) is 0 Å². The predicted octanol–water partition coefficient (Wildman–Crippen LogP) is 2.02. The summed E-state index contributed by atoms with van der Waals surface area (Å²) in [5.74, 6) is 1.17. The van der Waals surface area contributed by atoms with Gasteiger partial charge in [-0.3, -0.25) is 4.98 Å². The molecule has 7 nitrogen and oxygen atoms in total. The average Bonchev–Trinajstić information content (AvgIpc) is 3.23. The molecular formula is C14H13N3O4. The third-order valence-corrected chi connectivity index (χ3v) is 2.94. The monoisotopic (exact) mass is 287 g/mol. The average molecular weight is 287 g/mol. The van der Waals surface area contributed by atoms with Crippen LogP contribution < -0.4 is 4.74 Å². The molecule has 2 aromatic heterocycles. The Morgan fingerprint density at radius 2 is 2.33 bits per heavy atom. The van der Waals surface area contributed by atoms with Gasteiger partial charge >= 0.3 is 5.97 Å². The molecule has 2 heterocycles. The highest BCUT2D eigenvalue weighted by atomic mass is 16.5. The fraction of sp³-hybridized carbons (Fsp3) is 0.286. The van der Waals surface area contributed by atoms with E-state index in [9.17, 15) is 4.79 Å². The smallest absolute Gasteiger partial charge is 0.328 e. The van der Waals surface area contributed by atoms with Gasteiger partial charge in [-0.05, 0) is 31.1 Å². The quantitative estimate of drug-likeness (QED) is 0.811. The van der Waals surface area contributed by atoms with Crippen molar-refractivity contribution >= 4 is 12.0 Å². The molecule has 1 saturated carbocycles. The molecule has 1 fully saturated rings. The molecule has 0 aromatic carbocycles. The molecule has 21 heavy (non-hydrogen) atoms. The summed E-state index contributed by atoms with van der Waals surface area (Å²) < 4.78 is 10.6. The summed E-state index contributed by atoms with van der Waals surface area (Å²) in [4.78, 5) is 18.7. The van der Waals surface area contributed by atoms with Crippen LogP contribution in [0.4, 0.5) is 0 Å². The van der Waals surface area contributed by atoms with Gasteiger partial charge in [0, 0.05) is 12.0 Å². The van der Waals surface area contributed by atoms with Crippen molar-refractivity contribution in [3.8, 4) is 5.75 Å². The molecule has 3 rings (SSSR count). The zero-order valence-electron chi connectivity index (χ0n) is 11.1. The summed E-state index contributed by atoms with van der Waals surface area (Å²) in [6.07, 6.45) is 6.19. The third kappa shape index (κ3) is 3.65. The molecule has 0 atom stereocenters. The summed E-state index contributed by atoms with van der Waals surface area (Å²) in [5.41, 5.74) is 0.540. The van der Waals surface area contributed by atoms with Gasteiger partial charge < -0.3 is 14.4 Å². The van der Waals surface area contributed by atoms with E-state index < -0.39 is 5.97 Å². The number of carbonyl (C=O) groups is 1. The number of hydrogen-bond donors (Lipinski definition) is 1. The van der Waals surface area contributed by atoms with Crippen LogP contribution in [0.5, 0.6) is 5.75 Å². The van der Waals surface area contributed by atoms with E-state index in [0.717, 1.165) is 24.7 Å². The minimum atomic E-state index is -1.01. The van der Waals surface area contributed by atoms with Crippen molar-refractivity contribution in [3.05, 3.63) is 41.8 Å². The third-order valence-electron chi connectivity index (χ3n) is 2.94. The Hall–Kier alpha value is -2.70. The molecule has 1 aliphatic rings. The molecule has 7 heteroatoms. The standard InChI is InChI=1S/C14H13N3O4/c18-13(19)6-4-10-3-5-11(7-15-10)20-8-12-16-14(17-21-12)9-1-2-9/h3-7,9H,1-2,8H2,(H,18,19). The molecule has 0 bridgehead atoms. The van der Waals surface area contributed by atoms with Gasteiger partial charge in [0.05, 0.1) is 11.9 Å². The normalized spacial score (nSPS) is 14.5. The van der Waals surface area contributed by atoms with E-state index in [4.69, 9.17) is 14.4 Å². The number of hydrogen-bond acceptors (Lipinski definition) is 6. The van der Waals surface area contributed by atoms with Gasteiger partial charge in [-0.1, -0.05) is 5.16 Å². The summed E-state index contributed by atoms with van der Waals surface area (Å²) in [6.45, 7) is 0.186. The molecule has 0 amide bonds. The van der Waals surface area contributed by atoms with Crippen LogP contribution in [0.1, 0.15) is 36.2 Å². The van der Waals surface area contributed by atoms with Crippen LogP contribution in [0, 0.1) is 0 Å². The van der Waals surface area contributed by atoms with Gasteiger partial charge in [0.15, 0.2) is 12.4 Å². The number of aromatic nitrogens is 3. The van der Waals surface area contributed by atoms with Gasteiger partial charge in [-0.2, -0.15) is 4.98 Å². The maximum Gasteiger partial charge on any atom is 0.328 e. The van der Waals surface area contributed by atoms with Crippen molar-refractivity contribution in [1.29, 1.82) is 0 Å². The highest BCUT2D eigenvalue weighted by molar-refractivity contribution is 5.84. The second-order valence-corrected chi connectivity index (χ2v) is 4.70. The van der Waals surface area contributed by atoms with Crippen LogP contribution in [0.25, 0.3) is 6.08 Å². The first-order valence-electron chi connectivity index (χ1n) is 6.53. The molecule has 0 unspecified atom stereocenters. The van der Waals surface area contributed by atoms with E-state index in [1.165, 1.54) is 12.3 Å². The van der Waals surface area contributed by atoms with Crippen molar-refractivity contribution in [1.82, 2.24) is 15.1 Å². The highest BCUT2D eigenvalue weighted by Crippen LogP contribution is 2.38. The Balaban J connectivity index is 1.55. The number of ether oxygens (including phenoxy) is 1. The predicted molar refractivity (Wildman–Crippen MR) is 71.5 cm³/mol. The first kappa shape index (κ1) is 13.3. The van der Waals surface area contributed by atoms with Crippen LogP contribution in [-0.4, -0.2) is 26.2 Å². The number of rotatable bonds is 6. The molecule has 0 aliphatic heterocycles. The number of pyridine rings is 1. The van der Waals surface area contributed by atoms with Gasteiger partial charge in [0.2, 0.25) is 0 Å². The van der Waals surface area contributed by atoms with E-state index in [1.807, 2.05) is 0 Å². The Morgan fingerprint density at radius 3 is 3.00 bits per heavy atom. The van der Waals surface area contributed by atoms with Crippen molar-refractivity contribution < 1.29 is 19.2 Å². The molecule has 2 aromatic rings. The highest BCUT2D eigenvalue weighted by Gasteiger charge is 2.28. The van der Waals surface area contributed by atoms with E-state index >= 15 is 0 Å². The fourth-order valence-corrected chi connectivity index (χ4v) is 1.71. The lowest BCUT2D eigenvalue weighted by Gasteiger charge is -2.02. The first-order valence-corrected chi connectivity index (χ1v) is 6.53. The fourth-order valence-electron chi connectivity index (χ4n) is 1.71. The van der Waals surface area contributed by atoms with Crippen LogP contribution >= 0.6 is 0 Å². The lowest BCUT2D eigenvalue weighted by Crippen LogP contribution is -1.97. The van der Waals surface area contributed by atoms with Crippen LogP contribution in [0.2, 0.25) is 0 Å². The molecule has 0 radical (unpaired) electrons. The van der Waals surface area contributed by atoms with Crippen LogP contribution in [0.3, 0.4) is 0 Å². The number of nitrogens with zero attached hydrogens (tertiary/aromatic N) is 3. The van der Waals surface area contributed by atoms with Crippen molar-refractivity contribution in [2.75, 3.05) is 0 Å². The van der Waals surface area contributed by atoms with E-state index in [0.29, 0.717) is 23.3 Å². The Kier molecular flexibility index (Phi) is 3.63. The van der Waals surface area contributed by atoms with Crippen LogP contribution in [-0.2, 0) is 11.4 Å². The Morgan fingerprint density at radius 1 is 1.48 bits per heavy atom. The molecule has 1 N–H and O–H groups in total. The summed E-state index contributed by atoms with van der Waals surface area (Å²) >= 11 is 0. The molecular weight excluding hydrogens is 274 g/mol.